The summed E-state index contributed by atoms with van der Waals surface area (Å²) in [6.07, 6.45) is 57.1. The third-order valence-electron chi connectivity index (χ3n) is 13.4. The smallest absolute Gasteiger partial charge is 0.306 e. The zero-order valence-electron chi connectivity index (χ0n) is 46.5. The van der Waals surface area contributed by atoms with Crippen molar-refractivity contribution in [1.82, 2.24) is 5.32 Å². The molecule has 408 valence electrons. The van der Waals surface area contributed by atoms with Gasteiger partial charge < -0.3 is 28.5 Å². The molecule has 10 heteroatoms. The van der Waals surface area contributed by atoms with Crippen LogP contribution in [0.1, 0.15) is 290 Å². The number of quaternary nitrogens is 1. The average molecular weight is 996 g/mol. The summed E-state index contributed by atoms with van der Waals surface area (Å²) >= 11 is 0. The Hall–Kier alpha value is -1.51. The highest BCUT2D eigenvalue weighted by Crippen LogP contribution is 2.38. The minimum absolute atomic E-state index is 0.0192. The van der Waals surface area contributed by atoms with Crippen molar-refractivity contribution in [3.63, 3.8) is 0 Å². The third-order valence-corrected chi connectivity index (χ3v) is 14.3. The van der Waals surface area contributed by atoms with Crippen LogP contribution in [0.2, 0.25) is 0 Å². The summed E-state index contributed by atoms with van der Waals surface area (Å²) in [7, 11) is 1.20. The highest BCUT2D eigenvalue weighted by Gasteiger charge is 2.27. The van der Waals surface area contributed by atoms with E-state index in [1.807, 2.05) is 33.3 Å². The lowest BCUT2D eigenvalue weighted by molar-refractivity contribution is -0.870. The SMILES string of the molecule is CCCCCCCC/C=C/CCCCCCCCCCCC(=O)OC(/C=C\CCCCCCCCCCCCC)C(COP(=O)([O-])OCC[N+](C)(C)C)NC(=O)CCCCCCCCCCCCC. The molecule has 0 spiro atoms. The third kappa shape index (κ3) is 51.2. The van der Waals surface area contributed by atoms with Gasteiger partial charge >= 0.3 is 5.97 Å². The molecule has 1 N–H and O–H groups in total. The van der Waals surface area contributed by atoms with E-state index in [0.29, 0.717) is 17.4 Å². The quantitative estimate of drug-likeness (QED) is 0.0212. The van der Waals surface area contributed by atoms with Crippen LogP contribution in [0.4, 0.5) is 0 Å². The van der Waals surface area contributed by atoms with Crippen molar-refractivity contribution >= 4 is 19.7 Å². The van der Waals surface area contributed by atoms with Crippen LogP contribution in [0.15, 0.2) is 24.3 Å². The predicted octanol–water partition coefficient (Wildman–Crippen LogP) is 17.1. The lowest BCUT2D eigenvalue weighted by Crippen LogP contribution is -2.47. The molecule has 3 unspecified atom stereocenters. The maximum absolute atomic E-state index is 13.4. The van der Waals surface area contributed by atoms with Crippen LogP contribution in [-0.2, 0) is 27.9 Å². The molecule has 0 bridgehead atoms. The fourth-order valence-electron chi connectivity index (χ4n) is 8.75. The molecule has 0 heterocycles. The Balaban J connectivity index is 5.26. The lowest BCUT2D eigenvalue weighted by atomic mass is 10.0. The fraction of sp³-hybridized carbons (Fsp3) is 0.898. The summed E-state index contributed by atoms with van der Waals surface area (Å²) in [6.45, 7) is 6.86. The maximum atomic E-state index is 13.4. The average Bonchev–Trinajstić information content (AvgIpc) is 3.31. The lowest BCUT2D eigenvalue weighted by Gasteiger charge is -2.30. The van der Waals surface area contributed by atoms with E-state index in [9.17, 15) is 19.0 Å². The molecular formula is C59H115N2O7P. The van der Waals surface area contributed by atoms with Gasteiger partial charge in [-0.3, -0.25) is 14.2 Å². The summed E-state index contributed by atoms with van der Waals surface area (Å²) in [4.78, 5) is 39.8. The summed E-state index contributed by atoms with van der Waals surface area (Å²) in [5.74, 6) is -0.531. The number of amides is 1. The zero-order valence-corrected chi connectivity index (χ0v) is 47.4. The molecule has 1 amide bonds. The largest absolute Gasteiger partial charge is 0.756 e. The Bertz CT molecular complexity index is 1240. The van der Waals surface area contributed by atoms with Crippen molar-refractivity contribution in [2.75, 3.05) is 40.9 Å². The molecule has 69 heavy (non-hydrogen) atoms. The molecule has 0 rings (SSSR count). The fourth-order valence-corrected chi connectivity index (χ4v) is 9.48. The molecule has 0 aromatic carbocycles. The molecule has 0 saturated heterocycles. The van der Waals surface area contributed by atoms with E-state index in [4.69, 9.17) is 13.8 Å². The van der Waals surface area contributed by atoms with E-state index in [0.717, 1.165) is 57.8 Å². The minimum atomic E-state index is -4.69. The zero-order chi connectivity index (χ0) is 50.8. The first-order chi connectivity index (χ1) is 33.4. The molecule has 0 aromatic heterocycles. The van der Waals surface area contributed by atoms with Gasteiger partial charge in [0.1, 0.15) is 19.3 Å². The van der Waals surface area contributed by atoms with Crippen molar-refractivity contribution in [2.24, 2.45) is 0 Å². The van der Waals surface area contributed by atoms with Gasteiger partial charge in [0.2, 0.25) is 5.91 Å². The van der Waals surface area contributed by atoms with E-state index < -0.39 is 20.0 Å². The van der Waals surface area contributed by atoms with Crippen molar-refractivity contribution in [2.45, 2.75) is 303 Å². The van der Waals surface area contributed by atoms with Crippen molar-refractivity contribution in [1.29, 1.82) is 0 Å². The summed E-state index contributed by atoms with van der Waals surface area (Å²) in [6, 6.07) is -0.881. The van der Waals surface area contributed by atoms with Gasteiger partial charge in [-0.05, 0) is 57.4 Å². The number of rotatable bonds is 54. The number of likely N-dealkylation sites (N-methyl/N-ethyl adjacent to an activating group) is 1. The normalized spacial score (nSPS) is 13.9. The van der Waals surface area contributed by atoms with Gasteiger partial charge in [0.25, 0.3) is 7.82 Å². The molecule has 9 nitrogen and oxygen atoms in total. The number of carbonyl (C=O) groups is 2. The van der Waals surface area contributed by atoms with E-state index in [-0.39, 0.29) is 31.5 Å². The monoisotopic (exact) mass is 995 g/mol. The van der Waals surface area contributed by atoms with Crippen molar-refractivity contribution < 1.29 is 37.3 Å². The topological polar surface area (TPSA) is 114 Å². The molecule has 0 radical (unpaired) electrons. The Kier molecular flexibility index (Phi) is 48.9. The number of nitrogens with zero attached hydrogens (tertiary/aromatic N) is 1. The molecule has 0 fully saturated rings. The van der Waals surface area contributed by atoms with Gasteiger partial charge in [-0.2, -0.15) is 0 Å². The number of allylic oxidation sites excluding steroid dienone is 3. The number of unbranched alkanes of at least 4 members (excludes halogenated alkanes) is 36. The second-order valence-electron chi connectivity index (χ2n) is 21.5. The summed E-state index contributed by atoms with van der Waals surface area (Å²) < 4.78 is 30.2. The number of esters is 1. The molecule has 3 atom stereocenters. The van der Waals surface area contributed by atoms with Gasteiger partial charge in [0.05, 0.1) is 33.8 Å². The van der Waals surface area contributed by atoms with Gasteiger partial charge in [-0.25, -0.2) is 0 Å². The Morgan fingerprint density at radius 3 is 1.23 bits per heavy atom. The number of hydrogen-bond acceptors (Lipinski definition) is 7. The number of ether oxygens (including phenoxy) is 1. The number of hydrogen-bond donors (Lipinski definition) is 1. The van der Waals surface area contributed by atoms with E-state index in [2.05, 4.69) is 38.2 Å². The predicted molar refractivity (Wildman–Crippen MR) is 293 cm³/mol. The second kappa shape index (κ2) is 50.0. The number of nitrogens with one attached hydrogen (secondary N) is 1. The molecule has 0 aromatic rings. The second-order valence-corrected chi connectivity index (χ2v) is 22.9. The first-order valence-corrected chi connectivity index (χ1v) is 31.1. The van der Waals surface area contributed by atoms with Gasteiger partial charge in [-0.15, -0.1) is 0 Å². The Morgan fingerprint density at radius 1 is 0.493 bits per heavy atom. The van der Waals surface area contributed by atoms with Gasteiger partial charge in [0.15, 0.2) is 0 Å². The molecule has 0 saturated carbocycles. The van der Waals surface area contributed by atoms with Crippen LogP contribution in [0.25, 0.3) is 0 Å². The van der Waals surface area contributed by atoms with Crippen LogP contribution < -0.4 is 10.2 Å². The van der Waals surface area contributed by atoms with E-state index >= 15 is 0 Å². The molecule has 0 aliphatic rings. The van der Waals surface area contributed by atoms with Crippen molar-refractivity contribution in [3.8, 4) is 0 Å². The van der Waals surface area contributed by atoms with Crippen LogP contribution in [0.3, 0.4) is 0 Å². The highest BCUT2D eigenvalue weighted by atomic mass is 31.2. The number of phosphoric acid groups is 1. The summed E-state index contributed by atoms with van der Waals surface area (Å²) in [5, 5.41) is 3.02. The van der Waals surface area contributed by atoms with Gasteiger partial charge in [-0.1, -0.05) is 244 Å². The van der Waals surface area contributed by atoms with Gasteiger partial charge in [0, 0.05) is 12.8 Å². The number of carbonyl (C=O) groups excluding carboxylic acids is 2. The van der Waals surface area contributed by atoms with Crippen LogP contribution in [-0.4, -0.2) is 69.4 Å². The summed E-state index contributed by atoms with van der Waals surface area (Å²) in [5.41, 5.74) is 0. The van der Waals surface area contributed by atoms with E-state index in [1.165, 1.54) is 199 Å². The highest BCUT2D eigenvalue weighted by molar-refractivity contribution is 7.45. The first kappa shape index (κ1) is 67.5. The molecule has 0 aliphatic heterocycles. The van der Waals surface area contributed by atoms with E-state index in [1.54, 1.807) is 0 Å². The first-order valence-electron chi connectivity index (χ1n) is 29.6. The molecular weight excluding hydrogens is 880 g/mol. The van der Waals surface area contributed by atoms with Crippen LogP contribution in [0, 0.1) is 0 Å². The minimum Gasteiger partial charge on any atom is -0.756 e. The van der Waals surface area contributed by atoms with Crippen LogP contribution in [0.5, 0.6) is 0 Å². The maximum Gasteiger partial charge on any atom is 0.306 e. The Morgan fingerprint density at radius 2 is 0.841 bits per heavy atom. The Labute approximate surface area is 428 Å². The standard InChI is InChI=1S/C59H115N2O7P/c1-7-10-13-16-19-22-25-27-28-29-30-31-32-34-37-40-43-46-49-52-59(63)68-57(50-47-44-41-38-36-33-26-23-20-17-14-11-8-2)56(55-67-69(64,65)66-54-53-61(4,5)6)60-58(62)51-48-45-42-39-35-24-21-18-15-12-9-3/h27-28,47,50,56-57H,7-26,29-46,48-49,51-55H2,1-6H3,(H-,60,62,64,65)/b28-27+,50-47-. The number of phosphoric ester groups is 1. The molecule has 0 aliphatic carbocycles. The van der Waals surface area contributed by atoms with Crippen LogP contribution >= 0.6 is 7.82 Å². The van der Waals surface area contributed by atoms with Crippen molar-refractivity contribution in [3.05, 3.63) is 24.3 Å².